The molecule has 5 nitrogen and oxygen atoms in total. The highest BCUT2D eigenvalue weighted by atomic mass is 35.5. The summed E-state index contributed by atoms with van der Waals surface area (Å²) in [6.45, 7) is 1.83. The SMILES string of the molecule is Cc1ccc(NC(=O)CSc2ccc(C(F)(F)F)cc2[N+](=O)[O-])c(Cl)c1. The summed E-state index contributed by atoms with van der Waals surface area (Å²) in [5, 5.41) is 13.9. The van der Waals surface area contributed by atoms with E-state index in [9.17, 15) is 28.1 Å². The van der Waals surface area contributed by atoms with Crippen LogP contribution in [0.3, 0.4) is 0 Å². The van der Waals surface area contributed by atoms with Crippen molar-refractivity contribution in [2.75, 3.05) is 11.1 Å². The number of rotatable bonds is 5. The van der Waals surface area contributed by atoms with Crippen LogP contribution in [0.25, 0.3) is 0 Å². The molecule has 0 bridgehead atoms. The van der Waals surface area contributed by atoms with Crippen LogP contribution in [0.5, 0.6) is 0 Å². The Kier molecular flexibility index (Phi) is 6.14. The van der Waals surface area contributed by atoms with Crippen molar-refractivity contribution < 1.29 is 22.9 Å². The lowest BCUT2D eigenvalue weighted by molar-refractivity contribution is -0.388. The van der Waals surface area contributed by atoms with Gasteiger partial charge < -0.3 is 5.32 Å². The molecule has 0 aliphatic rings. The zero-order valence-electron chi connectivity index (χ0n) is 13.3. The van der Waals surface area contributed by atoms with Gasteiger partial charge in [0, 0.05) is 6.07 Å². The zero-order valence-corrected chi connectivity index (χ0v) is 14.8. The fourth-order valence-electron chi connectivity index (χ4n) is 2.01. The fourth-order valence-corrected chi connectivity index (χ4v) is 3.10. The van der Waals surface area contributed by atoms with Crippen molar-refractivity contribution in [1.29, 1.82) is 0 Å². The molecule has 10 heteroatoms. The van der Waals surface area contributed by atoms with Gasteiger partial charge in [-0.15, -0.1) is 11.8 Å². The highest BCUT2D eigenvalue weighted by Gasteiger charge is 2.33. The number of alkyl halides is 3. The van der Waals surface area contributed by atoms with E-state index in [1.54, 1.807) is 18.2 Å². The molecule has 0 atom stereocenters. The maximum Gasteiger partial charge on any atom is 0.416 e. The average molecular weight is 405 g/mol. The number of hydrogen-bond acceptors (Lipinski definition) is 4. The Morgan fingerprint density at radius 1 is 1.27 bits per heavy atom. The van der Waals surface area contributed by atoms with E-state index in [2.05, 4.69) is 5.32 Å². The molecule has 0 aromatic heterocycles. The third kappa shape index (κ3) is 5.12. The van der Waals surface area contributed by atoms with Crippen molar-refractivity contribution in [3.8, 4) is 0 Å². The summed E-state index contributed by atoms with van der Waals surface area (Å²) in [5.41, 5.74) is -0.539. The van der Waals surface area contributed by atoms with Crippen LogP contribution < -0.4 is 5.32 Å². The summed E-state index contributed by atoms with van der Waals surface area (Å²) >= 11 is 6.77. The minimum Gasteiger partial charge on any atom is -0.324 e. The van der Waals surface area contributed by atoms with Gasteiger partial charge in [0.1, 0.15) is 0 Å². The van der Waals surface area contributed by atoms with E-state index in [4.69, 9.17) is 11.6 Å². The number of nitro groups is 1. The Morgan fingerprint density at radius 3 is 2.54 bits per heavy atom. The van der Waals surface area contributed by atoms with E-state index in [1.807, 2.05) is 6.92 Å². The number of thioether (sulfide) groups is 1. The lowest BCUT2D eigenvalue weighted by Gasteiger charge is -2.10. The number of nitrogens with one attached hydrogen (secondary N) is 1. The van der Waals surface area contributed by atoms with E-state index in [-0.39, 0.29) is 10.6 Å². The lowest BCUT2D eigenvalue weighted by Crippen LogP contribution is -2.14. The molecule has 138 valence electrons. The number of carbonyl (C=O) groups excluding carboxylic acids is 1. The van der Waals surface area contributed by atoms with E-state index in [0.29, 0.717) is 16.8 Å². The van der Waals surface area contributed by atoms with Gasteiger partial charge in [-0.2, -0.15) is 13.2 Å². The van der Waals surface area contributed by atoms with Crippen molar-refractivity contribution in [3.05, 3.63) is 62.7 Å². The maximum atomic E-state index is 12.7. The molecule has 0 saturated heterocycles. The van der Waals surface area contributed by atoms with Gasteiger partial charge in [-0.1, -0.05) is 17.7 Å². The van der Waals surface area contributed by atoms with Crippen LogP contribution in [0.15, 0.2) is 41.3 Å². The Bertz CT molecular complexity index is 859. The standard InChI is InChI=1S/C16H12ClF3N2O3S/c1-9-2-4-12(11(17)6-9)21-15(23)8-26-14-5-3-10(16(18,19)20)7-13(14)22(24)25/h2-7H,8H2,1H3,(H,21,23). The van der Waals surface area contributed by atoms with Crippen LogP contribution >= 0.6 is 23.4 Å². The number of nitrogens with zero attached hydrogens (tertiary/aromatic N) is 1. The van der Waals surface area contributed by atoms with Crippen LogP contribution in [-0.4, -0.2) is 16.6 Å². The first kappa shape index (κ1) is 20.1. The minimum absolute atomic E-state index is 0.0341. The topological polar surface area (TPSA) is 72.2 Å². The summed E-state index contributed by atoms with van der Waals surface area (Å²) in [5.74, 6) is -0.717. The molecule has 0 aliphatic heterocycles. The first-order valence-corrected chi connectivity index (χ1v) is 8.48. The molecular formula is C16H12ClF3N2O3S. The molecule has 0 aliphatic carbocycles. The number of hydrogen-bond donors (Lipinski definition) is 1. The van der Waals surface area contributed by atoms with Gasteiger partial charge in [0.2, 0.25) is 5.91 Å². The molecular weight excluding hydrogens is 393 g/mol. The molecule has 0 saturated carbocycles. The fraction of sp³-hybridized carbons (Fsp3) is 0.188. The third-order valence-corrected chi connectivity index (χ3v) is 4.62. The second kappa shape index (κ2) is 7.96. The van der Waals surface area contributed by atoms with Gasteiger partial charge in [-0.05, 0) is 36.8 Å². The van der Waals surface area contributed by atoms with Gasteiger partial charge in [0.05, 0.1) is 31.8 Å². The largest absolute Gasteiger partial charge is 0.416 e. The molecule has 0 fully saturated rings. The minimum atomic E-state index is -4.69. The number of aryl methyl sites for hydroxylation is 1. The van der Waals surface area contributed by atoms with Crippen molar-refractivity contribution in [3.63, 3.8) is 0 Å². The number of benzene rings is 2. The average Bonchev–Trinajstić information content (AvgIpc) is 2.54. The van der Waals surface area contributed by atoms with Crippen LogP contribution in [-0.2, 0) is 11.0 Å². The molecule has 2 aromatic carbocycles. The number of anilines is 1. The molecule has 26 heavy (non-hydrogen) atoms. The molecule has 1 N–H and O–H groups in total. The Morgan fingerprint density at radius 2 is 1.96 bits per heavy atom. The van der Waals surface area contributed by atoms with Gasteiger partial charge >= 0.3 is 6.18 Å². The van der Waals surface area contributed by atoms with E-state index < -0.39 is 28.3 Å². The zero-order chi connectivity index (χ0) is 19.5. The summed E-state index contributed by atoms with van der Waals surface area (Å²) < 4.78 is 38.0. The lowest BCUT2D eigenvalue weighted by atomic mass is 10.2. The second-order valence-electron chi connectivity index (χ2n) is 5.26. The van der Waals surface area contributed by atoms with Crippen molar-refractivity contribution >= 4 is 40.6 Å². The quantitative estimate of drug-likeness (QED) is 0.416. The molecule has 2 aromatic rings. The Labute approximate surface area is 155 Å². The van der Waals surface area contributed by atoms with Gasteiger partial charge in [-0.25, -0.2) is 0 Å². The molecule has 0 radical (unpaired) electrons. The maximum absolute atomic E-state index is 12.7. The van der Waals surface area contributed by atoms with Crippen LogP contribution in [0.1, 0.15) is 11.1 Å². The molecule has 2 rings (SSSR count). The van der Waals surface area contributed by atoms with E-state index >= 15 is 0 Å². The summed E-state index contributed by atoms with van der Waals surface area (Å²) in [4.78, 5) is 22.1. The monoisotopic (exact) mass is 404 g/mol. The van der Waals surface area contributed by atoms with Gasteiger partial charge in [-0.3, -0.25) is 14.9 Å². The number of nitro benzene ring substituents is 1. The molecule has 0 spiro atoms. The summed E-state index contributed by atoms with van der Waals surface area (Å²) in [6.07, 6.45) is -4.69. The molecule has 0 unspecified atom stereocenters. The van der Waals surface area contributed by atoms with Crippen LogP contribution in [0.2, 0.25) is 5.02 Å². The third-order valence-electron chi connectivity index (χ3n) is 3.24. The highest BCUT2D eigenvalue weighted by Crippen LogP contribution is 2.36. The van der Waals surface area contributed by atoms with Crippen molar-refractivity contribution in [2.24, 2.45) is 0 Å². The first-order chi connectivity index (χ1) is 12.1. The highest BCUT2D eigenvalue weighted by molar-refractivity contribution is 8.00. The molecule has 0 heterocycles. The number of amides is 1. The summed E-state index contributed by atoms with van der Waals surface area (Å²) in [7, 11) is 0. The predicted octanol–water partition coefficient (Wildman–Crippen LogP) is 5.31. The van der Waals surface area contributed by atoms with Gasteiger partial charge in [0.25, 0.3) is 5.69 Å². The number of halogens is 4. The van der Waals surface area contributed by atoms with Crippen LogP contribution in [0, 0.1) is 17.0 Å². The van der Waals surface area contributed by atoms with Crippen molar-refractivity contribution in [1.82, 2.24) is 0 Å². The predicted molar refractivity (Wildman–Crippen MR) is 93.6 cm³/mol. The van der Waals surface area contributed by atoms with E-state index in [1.165, 1.54) is 0 Å². The normalized spacial score (nSPS) is 11.3. The summed E-state index contributed by atoms with van der Waals surface area (Å²) in [6, 6.07) is 7.19. The van der Waals surface area contributed by atoms with Gasteiger partial charge in [0.15, 0.2) is 0 Å². The Balaban J connectivity index is 2.11. The smallest absolute Gasteiger partial charge is 0.324 e. The second-order valence-corrected chi connectivity index (χ2v) is 6.68. The molecule has 1 amide bonds. The van der Waals surface area contributed by atoms with Crippen LogP contribution in [0.4, 0.5) is 24.5 Å². The first-order valence-electron chi connectivity index (χ1n) is 7.12. The van der Waals surface area contributed by atoms with Crippen molar-refractivity contribution in [2.45, 2.75) is 18.0 Å². The number of carbonyl (C=O) groups is 1. The van der Waals surface area contributed by atoms with E-state index in [0.717, 1.165) is 29.5 Å². The Hall–Kier alpha value is -2.26.